The summed E-state index contributed by atoms with van der Waals surface area (Å²) in [5.74, 6) is -1.82. The third kappa shape index (κ3) is 4.01. The van der Waals surface area contributed by atoms with Crippen LogP contribution in [0.4, 0.5) is 18.9 Å². The average Bonchev–Trinajstić information content (AvgIpc) is 3.22. The first-order chi connectivity index (χ1) is 13.4. The van der Waals surface area contributed by atoms with E-state index in [2.05, 4.69) is 10.1 Å². The van der Waals surface area contributed by atoms with Crippen molar-refractivity contribution in [2.24, 2.45) is 0 Å². The van der Waals surface area contributed by atoms with Crippen molar-refractivity contribution >= 4 is 11.7 Å². The summed E-state index contributed by atoms with van der Waals surface area (Å²) in [5.41, 5.74) is -1.80. The van der Waals surface area contributed by atoms with Gasteiger partial charge in [-0.05, 0) is 40.5 Å². The Bertz CT molecular complexity index is 926. The van der Waals surface area contributed by atoms with Gasteiger partial charge < -0.3 is 14.7 Å². The van der Waals surface area contributed by atoms with Crippen molar-refractivity contribution < 1.29 is 27.8 Å². The number of carbonyl (C=O) groups is 1. The van der Waals surface area contributed by atoms with E-state index < -0.39 is 29.0 Å². The molecule has 10 heteroatoms. The molecule has 1 saturated heterocycles. The van der Waals surface area contributed by atoms with Crippen LogP contribution in [-0.2, 0) is 11.7 Å². The van der Waals surface area contributed by atoms with Gasteiger partial charge in [0, 0.05) is 18.7 Å². The van der Waals surface area contributed by atoms with Crippen LogP contribution in [-0.4, -0.2) is 38.9 Å². The SMILES string of the molecule is Cc1c(C(=O)O)nn(C(C)(C)C)c1Oc1cncc(N2CCCC2)c1C(F)(F)F. The molecule has 0 aliphatic carbocycles. The Kier molecular flexibility index (Phi) is 5.22. The van der Waals surface area contributed by atoms with Gasteiger partial charge in [0.05, 0.1) is 23.6 Å². The molecule has 0 spiro atoms. The van der Waals surface area contributed by atoms with Gasteiger partial charge in [-0.15, -0.1) is 0 Å². The van der Waals surface area contributed by atoms with E-state index in [1.54, 1.807) is 25.7 Å². The second kappa shape index (κ2) is 7.23. The van der Waals surface area contributed by atoms with Crippen LogP contribution in [0.25, 0.3) is 0 Å². The van der Waals surface area contributed by atoms with Crippen molar-refractivity contribution in [3.05, 3.63) is 29.2 Å². The molecule has 158 valence electrons. The van der Waals surface area contributed by atoms with Gasteiger partial charge in [0.15, 0.2) is 11.4 Å². The lowest BCUT2D eigenvalue weighted by atomic mass is 10.1. The van der Waals surface area contributed by atoms with Crippen LogP contribution in [0.5, 0.6) is 11.6 Å². The van der Waals surface area contributed by atoms with Crippen LogP contribution in [0.15, 0.2) is 12.4 Å². The maximum Gasteiger partial charge on any atom is 0.422 e. The minimum atomic E-state index is -4.67. The number of rotatable bonds is 4. The van der Waals surface area contributed by atoms with E-state index in [0.717, 1.165) is 19.0 Å². The second-order valence-corrected chi connectivity index (χ2v) is 7.99. The fourth-order valence-corrected chi connectivity index (χ4v) is 3.35. The molecule has 2 aromatic heterocycles. The summed E-state index contributed by atoms with van der Waals surface area (Å²) in [7, 11) is 0. The number of halogens is 3. The number of aromatic nitrogens is 3. The number of nitrogens with zero attached hydrogens (tertiary/aromatic N) is 4. The first-order valence-electron chi connectivity index (χ1n) is 9.22. The van der Waals surface area contributed by atoms with Crippen LogP contribution in [0.2, 0.25) is 0 Å². The van der Waals surface area contributed by atoms with Crippen LogP contribution in [0, 0.1) is 6.92 Å². The zero-order valence-corrected chi connectivity index (χ0v) is 16.7. The summed E-state index contributed by atoms with van der Waals surface area (Å²) in [5, 5.41) is 13.4. The molecule has 1 aliphatic heterocycles. The summed E-state index contributed by atoms with van der Waals surface area (Å²) in [4.78, 5) is 17.1. The highest BCUT2D eigenvalue weighted by Gasteiger charge is 2.40. The average molecular weight is 412 g/mol. The zero-order chi connectivity index (χ0) is 21.6. The zero-order valence-electron chi connectivity index (χ0n) is 16.7. The number of hydrogen-bond donors (Lipinski definition) is 1. The summed E-state index contributed by atoms with van der Waals surface area (Å²) >= 11 is 0. The van der Waals surface area contributed by atoms with Crippen molar-refractivity contribution in [3.8, 4) is 11.6 Å². The molecule has 0 unspecified atom stereocenters. The van der Waals surface area contributed by atoms with Gasteiger partial charge in [0.1, 0.15) is 5.56 Å². The van der Waals surface area contributed by atoms with Crippen molar-refractivity contribution in [3.63, 3.8) is 0 Å². The number of carboxylic acid groups (broad SMARTS) is 1. The van der Waals surface area contributed by atoms with Crippen LogP contribution < -0.4 is 9.64 Å². The number of aromatic carboxylic acids is 1. The highest BCUT2D eigenvalue weighted by atomic mass is 19.4. The molecule has 1 aliphatic rings. The highest BCUT2D eigenvalue weighted by molar-refractivity contribution is 5.87. The summed E-state index contributed by atoms with van der Waals surface area (Å²) in [6.07, 6.45) is -0.868. The minimum Gasteiger partial charge on any atom is -0.476 e. The van der Waals surface area contributed by atoms with Gasteiger partial charge >= 0.3 is 12.1 Å². The fourth-order valence-electron chi connectivity index (χ4n) is 3.35. The second-order valence-electron chi connectivity index (χ2n) is 7.99. The summed E-state index contributed by atoms with van der Waals surface area (Å²) < 4.78 is 48.9. The lowest BCUT2D eigenvalue weighted by molar-refractivity contribution is -0.138. The molecule has 1 fully saturated rings. The quantitative estimate of drug-likeness (QED) is 0.799. The Labute approximate surface area is 166 Å². The van der Waals surface area contributed by atoms with Gasteiger partial charge in [-0.25, -0.2) is 9.48 Å². The molecule has 0 amide bonds. The number of pyridine rings is 1. The van der Waals surface area contributed by atoms with E-state index in [-0.39, 0.29) is 22.8 Å². The van der Waals surface area contributed by atoms with E-state index in [9.17, 15) is 23.1 Å². The molecular weight excluding hydrogens is 389 g/mol. The van der Waals surface area contributed by atoms with Crippen molar-refractivity contribution in [2.75, 3.05) is 18.0 Å². The normalized spacial score (nSPS) is 15.1. The van der Waals surface area contributed by atoms with E-state index in [1.807, 2.05) is 0 Å². The predicted octanol–water partition coefficient (Wildman–Crippen LogP) is 4.45. The Morgan fingerprint density at radius 3 is 2.31 bits per heavy atom. The molecule has 3 rings (SSSR count). The van der Waals surface area contributed by atoms with Crippen LogP contribution in [0.1, 0.15) is 55.2 Å². The molecule has 29 heavy (non-hydrogen) atoms. The van der Waals surface area contributed by atoms with E-state index >= 15 is 0 Å². The van der Waals surface area contributed by atoms with Crippen LogP contribution >= 0.6 is 0 Å². The van der Waals surface area contributed by atoms with E-state index in [4.69, 9.17) is 4.74 Å². The first kappa shape index (κ1) is 20.9. The van der Waals surface area contributed by atoms with Gasteiger partial charge in [-0.1, -0.05) is 0 Å². The lowest BCUT2D eigenvalue weighted by Gasteiger charge is -2.25. The Hall–Kier alpha value is -2.78. The minimum absolute atomic E-state index is 0.0366. The largest absolute Gasteiger partial charge is 0.476 e. The smallest absolute Gasteiger partial charge is 0.422 e. The standard InChI is InChI=1S/C19H23F3N4O3/c1-11-15(17(27)28)24-26(18(2,3)4)16(11)29-13-10-23-9-12(14(13)19(20,21)22)25-7-5-6-8-25/h9-10H,5-8H2,1-4H3,(H,27,28). The number of ether oxygens (including phenoxy) is 1. The molecule has 0 bridgehead atoms. The Morgan fingerprint density at radius 2 is 1.79 bits per heavy atom. The van der Waals surface area contributed by atoms with Crippen molar-refractivity contribution in [1.29, 1.82) is 0 Å². The molecule has 2 aromatic rings. The summed E-state index contributed by atoms with van der Waals surface area (Å²) in [6, 6.07) is 0. The fraction of sp³-hybridized carbons (Fsp3) is 0.526. The molecule has 0 aromatic carbocycles. The molecule has 1 N–H and O–H groups in total. The topological polar surface area (TPSA) is 80.5 Å². The third-order valence-electron chi connectivity index (χ3n) is 4.73. The Balaban J connectivity index is 2.16. The number of alkyl halides is 3. The van der Waals surface area contributed by atoms with Crippen molar-refractivity contribution in [2.45, 2.75) is 52.3 Å². The molecule has 0 saturated carbocycles. The van der Waals surface area contributed by atoms with Gasteiger partial charge in [-0.3, -0.25) is 4.98 Å². The molecule has 7 nitrogen and oxygen atoms in total. The lowest BCUT2D eigenvalue weighted by Crippen LogP contribution is -2.25. The molecule has 0 atom stereocenters. The van der Waals surface area contributed by atoms with Gasteiger partial charge in [-0.2, -0.15) is 18.3 Å². The molecule has 0 radical (unpaired) electrons. The summed E-state index contributed by atoms with van der Waals surface area (Å²) in [6.45, 7) is 7.73. The number of anilines is 1. The van der Waals surface area contributed by atoms with Gasteiger partial charge in [0.25, 0.3) is 0 Å². The predicted molar refractivity (Wildman–Crippen MR) is 99.7 cm³/mol. The number of hydrogen-bond acceptors (Lipinski definition) is 5. The maximum atomic E-state index is 14.0. The molecular formula is C19H23F3N4O3. The maximum absolute atomic E-state index is 14.0. The van der Waals surface area contributed by atoms with Gasteiger partial charge in [0.2, 0.25) is 5.88 Å². The number of carboxylic acids is 1. The van der Waals surface area contributed by atoms with Crippen molar-refractivity contribution in [1.82, 2.24) is 14.8 Å². The Morgan fingerprint density at radius 1 is 1.17 bits per heavy atom. The first-order valence-corrected chi connectivity index (χ1v) is 9.22. The van der Waals surface area contributed by atoms with E-state index in [1.165, 1.54) is 17.8 Å². The van der Waals surface area contributed by atoms with E-state index in [0.29, 0.717) is 13.1 Å². The molecule has 3 heterocycles. The monoisotopic (exact) mass is 412 g/mol. The van der Waals surface area contributed by atoms with Crippen LogP contribution in [0.3, 0.4) is 0 Å². The third-order valence-corrected chi connectivity index (χ3v) is 4.73. The highest BCUT2D eigenvalue weighted by Crippen LogP contribution is 2.45.